The first-order valence-electron chi connectivity index (χ1n) is 4.21. The fraction of sp³-hybridized carbons (Fsp3) is 1.00. The van der Waals surface area contributed by atoms with Gasteiger partial charge in [-0.05, 0) is 13.8 Å². The number of rotatable bonds is 6. The van der Waals surface area contributed by atoms with Gasteiger partial charge in [-0.15, -0.1) is 0 Å². The maximum atomic E-state index is 11.8. The van der Waals surface area contributed by atoms with Crippen LogP contribution >= 0.6 is 0 Å². The summed E-state index contributed by atoms with van der Waals surface area (Å²) in [7, 11) is 1.55. The van der Waals surface area contributed by atoms with Crippen molar-refractivity contribution >= 4 is 0 Å². The summed E-state index contributed by atoms with van der Waals surface area (Å²) in [6, 6.07) is -0.0570. The second kappa shape index (κ2) is 6.23. The summed E-state index contributed by atoms with van der Waals surface area (Å²) >= 11 is 0. The summed E-state index contributed by atoms with van der Waals surface area (Å²) in [4.78, 5) is 0. The van der Waals surface area contributed by atoms with Gasteiger partial charge in [0.25, 0.3) is 6.43 Å². The van der Waals surface area contributed by atoms with Crippen LogP contribution in [0.5, 0.6) is 0 Å². The van der Waals surface area contributed by atoms with Crippen LogP contribution in [0.4, 0.5) is 8.78 Å². The molecule has 0 aromatic heterocycles. The second-order valence-electron chi connectivity index (χ2n) is 3.04. The standard InChI is InChI=1S/C8H17F2NO2/c1-5(6(2)13-3)11-4-7(12)8(9)10/h5-8,11-12H,4H2,1-3H3. The molecule has 3 unspecified atom stereocenters. The average Bonchev–Trinajstić information content (AvgIpc) is 2.11. The number of ether oxygens (including phenoxy) is 1. The van der Waals surface area contributed by atoms with E-state index in [1.165, 1.54) is 0 Å². The third-order valence-corrected chi connectivity index (χ3v) is 2.02. The molecule has 0 bridgehead atoms. The Hall–Kier alpha value is -0.260. The number of alkyl halides is 2. The van der Waals surface area contributed by atoms with Crippen LogP contribution < -0.4 is 5.32 Å². The fourth-order valence-electron chi connectivity index (χ4n) is 0.766. The quantitative estimate of drug-likeness (QED) is 0.656. The minimum atomic E-state index is -2.70. The van der Waals surface area contributed by atoms with Crippen molar-refractivity contribution in [1.82, 2.24) is 5.32 Å². The zero-order valence-electron chi connectivity index (χ0n) is 8.13. The third-order valence-electron chi connectivity index (χ3n) is 2.02. The Labute approximate surface area is 77.1 Å². The molecular weight excluding hydrogens is 180 g/mol. The van der Waals surface area contributed by atoms with Gasteiger partial charge in [0.05, 0.1) is 6.10 Å². The largest absolute Gasteiger partial charge is 0.386 e. The number of hydrogen-bond donors (Lipinski definition) is 2. The number of hydrogen-bond acceptors (Lipinski definition) is 3. The molecule has 80 valence electrons. The molecule has 2 N–H and O–H groups in total. The molecule has 0 rings (SSSR count). The van der Waals surface area contributed by atoms with E-state index in [2.05, 4.69) is 5.32 Å². The van der Waals surface area contributed by atoms with Gasteiger partial charge in [0.2, 0.25) is 0 Å². The third kappa shape index (κ3) is 5.13. The zero-order valence-corrected chi connectivity index (χ0v) is 8.13. The highest BCUT2D eigenvalue weighted by Gasteiger charge is 2.18. The molecule has 0 radical (unpaired) electrons. The molecule has 0 aromatic rings. The van der Waals surface area contributed by atoms with E-state index in [-0.39, 0.29) is 18.7 Å². The minimum Gasteiger partial charge on any atom is -0.386 e. The highest BCUT2D eigenvalue weighted by atomic mass is 19.3. The number of nitrogens with one attached hydrogen (secondary N) is 1. The van der Waals surface area contributed by atoms with Gasteiger partial charge in [0.15, 0.2) is 0 Å². The van der Waals surface area contributed by atoms with Gasteiger partial charge in [0.1, 0.15) is 6.10 Å². The Balaban J connectivity index is 3.63. The Morgan fingerprint density at radius 1 is 1.38 bits per heavy atom. The molecule has 0 spiro atoms. The van der Waals surface area contributed by atoms with Gasteiger partial charge in [-0.25, -0.2) is 8.78 Å². The second-order valence-corrected chi connectivity index (χ2v) is 3.04. The van der Waals surface area contributed by atoms with Crippen molar-refractivity contribution in [2.45, 2.75) is 38.5 Å². The lowest BCUT2D eigenvalue weighted by molar-refractivity contribution is -0.00817. The van der Waals surface area contributed by atoms with Crippen molar-refractivity contribution in [2.75, 3.05) is 13.7 Å². The van der Waals surface area contributed by atoms with Gasteiger partial charge in [0, 0.05) is 19.7 Å². The van der Waals surface area contributed by atoms with Crippen LogP contribution in [0.2, 0.25) is 0 Å². The summed E-state index contributed by atoms with van der Waals surface area (Å²) in [6.07, 6.45) is -4.37. The van der Waals surface area contributed by atoms with Crippen LogP contribution in [-0.4, -0.2) is 43.4 Å². The molecular formula is C8H17F2NO2. The van der Waals surface area contributed by atoms with E-state index in [9.17, 15) is 8.78 Å². The van der Waals surface area contributed by atoms with Crippen LogP contribution in [0.25, 0.3) is 0 Å². The van der Waals surface area contributed by atoms with Gasteiger partial charge in [-0.3, -0.25) is 0 Å². The topological polar surface area (TPSA) is 41.5 Å². The summed E-state index contributed by atoms with van der Waals surface area (Å²) in [5.74, 6) is 0. The van der Waals surface area contributed by atoms with E-state index < -0.39 is 12.5 Å². The normalized spacial score (nSPS) is 18.7. The number of halogens is 2. The number of aliphatic hydroxyl groups excluding tert-OH is 1. The van der Waals surface area contributed by atoms with Crippen molar-refractivity contribution in [2.24, 2.45) is 0 Å². The predicted octanol–water partition coefficient (Wildman–Crippen LogP) is 0.625. The molecule has 0 aliphatic rings. The van der Waals surface area contributed by atoms with Gasteiger partial charge < -0.3 is 15.2 Å². The van der Waals surface area contributed by atoms with Gasteiger partial charge in [-0.2, -0.15) is 0 Å². The van der Waals surface area contributed by atoms with E-state index in [0.29, 0.717) is 0 Å². The molecule has 5 heteroatoms. The van der Waals surface area contributed by atoms with Crippen molar-refractivity contribution < 1.29 is 18.6 Å². The molecule has 13 heavy (non-hydrogen) atoms. The summed E-state index contributed by atoms with van der Waals surface area (Å²) in [5.41, 5.74) is 0. The lowest BCUT2D eigenvalue weighted by atomic mass is 10.2. The SMILES string of the molecule is COC(C)C(C)NCC(O)C(F)F. The Kier molecular flexibility index (Phi) is 6.11. The molecule has 3 atom stereocenters. The van der Waals surface area contributed by atoms with Crippen LogP contribution in [0, 0.1) is 0 Å². The average molecular weight is 197 g/mol. The molecule has 0 amide bonds. The summed E-state index contributed by atoms with van der Waals surface area (Å²) < 4.78 is 28.7. The van der Waals surface area contributed by atoms with Crippen LogP contribution in [0.15, 0.2) is 0 Å². The van der Waals surface area contributed by atoms with E-state index in [0.717, 1.165) is 0 Å². The lowest BCUT2D eigenvalue weighted by Gasteiger charge is -2.21. The molecule has 3 nitrogen and oxygen atoms in total. The maximum Gasteiger partial charge on any atom is 0.265 e. The first-order valence-corrected chi connectivity index (χ1v) is 4.21. The zero-order chi connectivity index (χ0) is 10.4. The van der Waals surface area contributed by atoms with Crippen LogP contribution in [0.3, 0.4) is 0 Å². The molecule has 0 aliphatic carbocycles. The van der Waals surface area contributed by atoms with Crippen LogP contribution in [-0.2, 0) is 4.74 Å². The molecule has 0 saturated carbocycles. The highest BCUT2D eigenvalue weighted by molar-refractivity contribution is 4.71. The summed E-state index contributed by atoms with van der Waals surface area (Å²) in [5, 5.41) is 11.5. The number of methoxy groups -OCH3 is 1. The molecule has 0 aromatic carbocycles. The van der Waals surface area contributed by atoms with E-state index >= 15 is 0 Å². The Morgan fingerprint density at radius 3 is 2.31 bits per heavy atom. The predicted molar refractivity (Wildman–Crippen MR) is 45.9 cm³/mol. The fourth-order valence-corrected chi connectivity index (χ4v) is 0.766. The van der Waals surface area contributed by atoms with E-state index in [4.69, 9.17) is 9.84 Å². The number of aliphatic hydroxyl groups is 1. The van der Waals surface area contributed by atoms with E-state index in [1.807, 2.05) is 13.8 Å². The monoisotopic (exact) mass is 197 g/mol. The molecule has 0 saturated heterocycles. The molecule has 0 heterocycles. The first kappa shape index (κ1) is 12.7. The van der Waals surface area contributed by atoms with Crippen molar-refractivity contribution in [3.63, 3.8) is 0 Å². The van der Waals surface area contributed by atoms with Crippen LogP contribution in [0.1, 0.15) is 13.8 Å². The first-order chi connectivity index (χ1) is 5.99. The van der Waals surface area contributed by atoms with Crippen molar-refractivity contribution in [3.05, 3.63) is 0 Å². The summed E-state index contributed by atoms with van der Waals surface area (Å²) in [6.45, 7) is 3.52. The Bertz CT molecular complexity index is 135. The van der Waals surface area contributed by atoms with E-state index in [1.54, 1.807) is 7.11 Å². The van der Waals surface area contributed by atoms with Gasteiger partial charge in [-0.1, -0.05) is 0 Å². The maximum absolute atomic E-state index is 11.8. The lowest BCUT2D eigenvalue weighted by Crippen LogP contribution is -2.42. The van der Waals surface area contributed by atoms with Gasteiger partial charge >= 0.3 is 0 Å². The van der Waals surface area contributed by atoms with Crippen molar-refractivity contribution in [3.8, 4) is 0 Å². The highest BCUT2D eigenvalue weighted by Crippen LogP contribution is 2.01. The molecule has 0 aliphatic heterocycles. The van der Waals surface area contributed by atoms with Crippen molar-refractivity contribution in [1.29, 1.82) is 0 Å². The molecule has 0 fully saturated rings. The minimum absolute atomic E-state index is 0.0570. The Morgan fingerprint density at radius 2 is 1.92 bits per heavy atom. The smallest absolute Gasteiger partial charge is 0.265 e.